The van der Waals surface area contributed by atoms with Gasteiger partial charge < -0.3 is 5.32 Å². The van der Waals surface area contributed by atoms with Gasteiger partial charge in [-0.2, -0.15) is 0 Å². The van der Waals surface area contributed by atoms with Crippen LogP contribution < -0.4 is 16.2 Å². The molecule has 1 heterocycles. The van der Waals surface area contributed by atoms with E-state index < -0.39 is 11.9 Å². The minimum Gasteiger partial charge on any atom is -0.335 e. The molecule has 0 saturated heterocycles. The molecule has 0 aliphatic heterocycles. The molecule has 7 nitrogen and oxygen atoms in total. The van der Waals surface area contributed by atoms with E-state index in [9.17, 15) is 14.4 Å². The fourth-order valence-corrected chi connectivity index (χ4v) is 3.33. The topological polar surface area (TPSA) is 93.1 Å². The number of aromatic nitrogens is 2. The van der Waals surface area contributed by atoms with Crippen molar-refractivity contribution in [1.82, 2.24) is 20.2 Å². The first-order valence-electron chi connectivity index (χ1n) is 8.66. The van der Waals surface area contributed by atoms with E-state index >= 15 is 0 Å². The van der Waals surface area contributed by atoms with E-state index in [-0.39, 0.29) is 23.3 Å². The molecule has 1 aliphatic rings. The van der Waals surface area contributed by atoms with Crippen LogP contribution in [0.3, 0.4) is 0 Å². The molecule has 1 aromatic carbocycles. The highest BCUT2D eigenvalue weighted by atomic mass is 32.2. The van der Waals surface area contributed by atoms with Crippen LogP contribution in [0, 0.1) is 5.92 Å². The van der Waals surface area contributed by atoms with Crippen molar-refractivity contribution in [3.05, 3.63) is 34.6 Å². The van der Waals surface area contributed by atoms with Gasteiger partial charge in [0.25, 0.3) is 5.56 Å². The fourth-order valence-electron chi connectivity index (χ4n) is 2.53. The maximum Gasteiger partial charge on any atom is 0.321 e. The lowest BCUT2D eigenvalue weighted by atomic mass is 10.2. The largest absolute Gasteiger partial charge is 0.335 e. The molecule has 2 aromatic rings. The van der Waals surface area contributed by atoms with Gasteiger partial charge >= 0.3 is 6.03 Å². The summed E-state index contributed by atoms with van der Waals surface area (Å²) in [7, 11) is 0. The first kappa shape index (κ1) is 18.4. The van der Waals surface area contributed by atoms with Crippen LogP contribution in [-0.2, 0) is 11.3 Å². The Morgan fingerprint density at radius 1 is 1.31 bits per heavy atom. The summed E-state index contributed by atoms with van der Waals surface area (Å²) in [6, 6.07) is 6.89. The molecule has 1 saturated carbocycles. The zero-order valence-electron chi connectivity index (χ0n) is 14.8. The summed E-state index contributed by atoms with van der Waals surface area (Å²) in [4.78, 5) is 41.0. The second-order valence-corrected chi connectivity index (χ2v) is 7.75. The molecule has 3 rings (SSSR count). The summed E-state index contributed by atoms with van der Waals surface area (Å²) in [6.07, 6.45) is 1.91. The van der Waals surface area contributed by atoms with Crippen LogP contribution in [0.5, 0.6) is 0 Å². The van der Waals surface area contributed by atoms with E-state index in [1.807, 2.05) is 26.0 Å². The van der Waals surface area contributed by atoms with Crippen LogP contribution in [0.4, 0.5) is 4.79 Å². The number of hydrogen-bond acceptors (Lipinski definition) is 5. The first-order valence-corrected chi connectivity index (χ1v) is 9.65. The third-order valence-electron chi connectivity index (χ3n) is 3.87. The molecular formula is C18H22N4O3S. The molecule has 2 N–H and O–H groups in total. The summed E-state index contributed by atoms with van der Waals surface area (Å²) in [5, 5.41) is 6.06. The van der Waals surface area contributed by atoms with E-state index in [1.54, 1.807) is 16.7 Å². The average Bonchev–Trinajstić information content (AvgIpc) is 3.39. The van der Waals surface area contributed by atoms with Crippen LogP contribution in [-0.4, -0.2) is 33.3 Å². The Bertz CT molecular complexity index is 890. The van der Waals surface area contributed by atoms with Gasteiger partial charge in [-0.15, -0.1) is 0 Å². The number of hydrogen-bond donors (Lipinski definition) is 2. The SMILES string of the molecule is CC(C)Cn1c(SCC(=O)NC(=O)NC2CC2)nc2ccccc2c1=O. The Hall–Kier alpha value is -2.35. The number of imide groups is 1. The van der Waals surface area contributed by atoms with E-state index in [0.29, 0.717) is 22.6 Å². The smallest absolute Gasteiger partial charge is 0.321 e. The summed E-state index contributed by atoms with van der Waals surface area (Å²) in [5.74, 6) is -0.138. The van der Waals surface area contributed by atoms with Gasteiger partial charge in [0.1, 0.15) is 0 Å². The van der Waals surface area contributed by atoms with Gasteiger partial charge in [0, 0.05) is 12.6 Å². The number of nitrogens with zero attached hydrogens (tertiary/aromatic N) is 2. The monoisotopic (exact) mass is 374 g/mol. The second kappa shape index (κ2) is 7.90. The van der Waals surface area contributed by atoms with E-state index in [4.69, 9.17) is 0 Å². The lowest BCUT2D eigenvalue weighted by Gasteiger charge is -2.14. The van der Waals surface area contributed by atoms with Crippen molar-refractivity contribution < 1.29 is 9.59 Å². The van der Waals surface area contributed by atoms with Crippen LogP contribution in [0.25, 0.3) is 10.9 Å². The number of carbonyl (C=O) groups excluding carboxylic acids is 2. The highest BCUT2D eigenvalue weighted by Crippen LogP contribution is 2.19. The molecule has 138 valence electrons. The third kappa shape index (κ3) is 4.63. The molecule has 0 atom stereocenters. The quantitative estimate of drug-likeness (QED) is 0.597. The van der Waals surface area contributed by atoms with Crippen molar-refractivity contribution in [3.8, 4) is 0 Å². The number of thioether (sulfide) groups is 1. The number of benzene rings is 1. The van der Waals surface area contributed by atoms with Gasteiger partial charge in [0.15, 0.2) is 5.16 Å². The lowest BCUT2D eigenvalue weighted by Crippen LogP contribution is -2.41. The number of para-hydroxylation sites is 1. The lowest BCUT2D eigenvalue weighted by molar-refractivity contribution is -0.117. The number of nitrogens with one attached hydrogen (secondary N) is 2. The molecule has 26 heavy (non-hydrogen) atoms. The Labute approximate surface area is 155 Å². The van der Waals surface area contributed by atoms with Crippen molar-refractivity contribution in [2.45, 2.75) is 44.4 Å². The molecular weight excluding hydrogens is 352 g/mol. The molecule has 1 fully saturated rings. The minimum atomic E-state index is -0.468. The normalized spacial score (nSPS) is 13.8. The number of fused-ring (bicyclic) bond motifs is 1. The summed E-state index contributed by atoms with van der Waals surface area (Å²) < 4.78 is 1.61. The highest BCUT2D eigenvalue weighted by Gasteiger charge is 2.24. The fraction of sp³-hybridized carbons (Fsp3) is 0.444. The standard InChI is InChI=1S/C18H22N4O3S/c1-11(2)9-22-16(24)13-5-3-4-6-14(13)20-18(22)26-10-15(23)21-17(25)19-12-7-8-12/h3-6,11-12H,7-10H2,1-2H3,(H2,19,21,23,25). The Kier molecular flexibility index (Phi) is 5.61. The van der Waals surface area contributed by atoms with E-state index in [0.717, 1.165) is 24.6 Å². The van der Waals surface area contributed by atoms with E-state index in [1.165, 1.54) is 0 Å². The molecule has 8 heteroatoms. The van der Waals surface area contributed by atoms with Crippen molar-refractivity contribution in [3.63, 3.8) is 0 Å². The van der Waals surface area contributed by atoms with Crippen LogP contribution >= 0.6 is 11.8 Å². The molecule has 0 radical (unpaired) electrons. The molecule has 1 aromatic heterocycles. The van der Waals surface area contributed by atoms with Gasteiger partial charge in [0.2, 0.25) is 5.91 Å². The number of amides is 3. The van der Waals surface area contributed by atoms with Gasteiger partial charge in [-0.3, -0.25) is 19.5 Å². The number of carbonyl (C=O) groups is 2. The Morgan fingerprint density at radius 2 is 2.04 bits per heavy atom. The van der Waals surface area contributed by atoms with E-state index in [2.05, 4.69) is 15.6 Å². The van der Waals surface area contributed by atoms with Crippen LogP contribution in [0.2, 0.25) is 0 Å². The molecule has 0 spiro atoms. The van der Waals surface area contributed by atoms with Crippen molar-refractivity contribution in [2.24, 2.45) is 5.92 Å². The Balaban J connectivity index is 1.75. The second-order valence-electron chi connectivity index (χ2n) is 6.81. The number of urea groups is 1. The summed E-state index contributed by atoms with van der Waals surface area (Å²) in [6.45, 7) is 4.55. The predicted molar refractivity (Wildman–Crippen MR) is 101 cm³/mol. The minimum absolute atomic E-state index is 0.0148. The Morgan fingerprint density at radius 3 is 2.73 bits per heavy atom. The molecule has 0 bridgehead atoms. The zero-order chi connectivity index (χ0) is 18.7. The van der Waals surface area contributed by atoms with Crippen molar-refractivity contribution in [2.75, 3.05) is 5.75 Å². The van der Waals surface area contributed by atoms with Crippen LogP contribution in [0.15, 0.2) is 34.2 Å². The van der Waals surface area contributed by atoms with Gasteiger partial charge in [-0.25, -0.2) is 9.78 Å². The highest BCUT2D eigenvalue weighted by molar-refractivity contribution is 7.99. The maximum atomic E-state index is 12.8. The summed E-state index contributed by atoms with van der Waals surface area (Å²) in [5.41, 5.74) is 0.491. The zero-order valence-corrected chi connectivity index (χ0v) is 15.6. The van der Waals surface area contributed by atoms with Gasteiger partial charge in [0.05, 0.1) is 16.7 Å². The van der Waals surface area contributed by atoms with Crippen molar-refractivity contribution in [1.29, 1.82) is 0 Å². The summed E-state index contributed by atoms with van der Waals surface area (Å²) >= 11 is 1.16. The maximum absolute atomic E-state index is 12.8. The first-order chi connectivity index (χ1) is 12.4. The van der Waals surface area contributed by atoms with Gasteiger partial charge in [-0.05, 0) is 30.9 Å². The van der Waals surface area contributed by atoms with Crippen LogP contribution in [0.1, 0.15) is 26.7 Å². The predicted octanol–water partition coefficient (Wildman–Crippen LogP) is 2.13. The molecule has 0 unspecified atom stereocenters. The average molecular weight is 374 g/mol. The third-order valence-corrected chi connectivity index (χ3v) is 4.85. The molecule has 3 amide bonds. The number of rotatable bonds is 6. The molecule has 1 aliphatic carbocycles. The van der Waals surface area contributed by atoms with Crippen molar-refractivity contribution >= 4 is 34.6 Å². The van der Waals surface area contributed by atoms with Gasteiger partial charge in [-0.1, -0.05) is 37.7 Å².